The average molecular weight is 582 g/mol. The van der Waals surface area contributed by atoms with Gasteiger partial charge in [-0.2, -0.15) is 9.78 Å². The van der Waals surface area contributed by atoms with Crippen molar-refractivity contribution < 1.29 is 18.8 Å². The average Bonchev–Trinajstić information content (AvgIpc) is 2.88. The van der Waals surface area contributed by atoms with Gasteiger partial charge < -0.3 is 10.1 Å². The van der Waals surface area contributed by atoms with Crippen molar-refractivity contribution in [2.45, 2.75) is 19.8 Å². The van der Waals surface area contributed by atoms with Gasteiger partial charge in [-0.15, -0.1) is 0 Å². The van der Waals surface area contributed by atoms with E-state index in [0.717, 1.165) is 0 Å². The maximum Gasteiger partial charge on any atom is 0.311 e. The quantitative estimate of drug-likeness (QED) is 0.172. The number of nitro groups is 1. The molecule has 0 aliphatic carbocycles. The van der Waals surface area contributed by atoms with E-state index in [1.165, 1.54) is 47.3 Å². The monoisotopic (exact) mass is 581 g/mol. The summed E-state index contributed by atoms with van der Waals surface area (Å²) in [5, 5.41) is 18.6. The Balaban J connectivity index is 1.59. The number of hydrogen-bond donors (Lipinski definition) is 1. The van der Waals surface area contributed by atoms with E-state index < -0.39 is 28.9 Å². The Hall–Kier alpha value is -4.45. The van der Waals surface area contributed by atoms with Gasteiger partial charge in [0.15, 0.2) is 12.4 Å². The van der Waals surface area contributed by atoms with Crippen molar-refractivity contribution in [3.8, 4) is 5.75 Å². The molecule has 38 heavy (non-hydrogen) atoms. The number of nitrogens with zero attached hydrogens (tertiary/aromatic N) is 4. The van der Waals surface area contributed by atoms with Crippen LogP contribution in [0.1, 0.15) is 31.2 Å². The molecule has 1 aromatic heterocycles. The zero-order valence-corrected chi connectivity index (χ0v) is 21.8. The fourth-order valence-electron chi connectivity index (χ4n) is 3.55. The Morgan fingerprint density at radius 3 is 2.71 bits per heavy atom. The highest BCUT2D eigenvalue weighted by Crippen LogP contribution is 2.28. The molecule has 1 N–H and O–H groups in total. The van der Waals surface area contributed by atoms with Crippen LogP contribution in [0.2, 0.25) is 0 Å². The fourth-order valence-corrected chi connectivity index (χ4v) is 3.91. The molecule has 0 aliphatic heterocycles. The van der Waals surface area contributed by atoms with Gasteiger partial charge in [-0.3, -0.25) is 19.7 Å². The minimum Gasteiger partial charge on any atom is -0.477 e. The van der Waals surface area contributed by atoms with Gasteiger partial charge in [0, 0.05) is 22.0 Å². The van der Waals surface area contributed by atoms with E-state index >= 15 is 0 Å². The van der Waals surface area contributed by atoms with Crippen molar-refractivity contribution in [1.29, 1.82) is 0 Å². The number of hydrogen-bond acceptors (Lipinski definition) is 7. The summed E-state index contributed by atoms with van der Waals surface area (Å²) in [5.74, 6) is -1.17. The van der Waals surface area contributed by atoms with Crippen molar-refractivity contribution in [1.82, 2.24) is 9.66 Å². The fraction of sp³-hybridized carbons (Fsp3) is 0.154. The number of benzene rings is 3. The van der Waals surface area contributed by atoms with Gasteiger partial charge in [0.2, 0.25) is 0 Å². The second-order valence-electron chi connectivity index (χ2n) is 8.45. The van der Waals surface area contributed by atoms with Crippen LogP contribution in [0.5, 0.6) is 5.75 Å². The van der Waals surface area contributed by atoms with Gasteiger partial charge >= 0.3 is 5.69 Å². The molecule has 0 aliphatic rings. The SMILES string of the molecule is CC(C)c1nc2ccc(Br)cc2c(=O)n1N=Cc1ccc(OCC(=O)Nc2ccccc2F)c([N+](=O)[O-])c1. The van der Waals surface area contributed by atoms with E-state index in [2.05, 4.69) is 31.3 Å². The topological polar surface area (TPSA) is 129 Å². The van der Waals surface area contributed by atoms with Crippen LogP contribution in [0.25, 0.3) is 10.9 Å². The second-order valence-corrected chi connectivity index (χ2v) is 9.36. The molecule has 0 saturated heterocycles. The lowest BCUT2D eigenvalue weighted by Gasteiger charge is -2.12. The third kappa shape index (κ3) is 5.92. The minimum atomic E-state index is -0.689. The molecular formula is C26H21BrFN5O5. The number of aromatic nitrogens is 2. The van der Waals surface area contributed by atoms with Crippen molar-refractivity contribution in [3.63, 3.8) is 0 Å². The molecule has 0 radical (unpaired) electrons. The number of rotatable bonds is 8. The van der Waals surface area contributed by atoms with Crippen LogP contribution in [0.3, 0.4) is 0 Å². The smallest absolute Gasteiger partial charge is 0.311 e. The van der Waals surface area contributed by atoms with Crippen molar-refractivity contribution >= 4 is 50.3 Å². The third-order valence-electron chi connectivity index (χ3n) is 5.36. The summed E-state index contributed by atoms with van der Waals surface area (Å²) >= 11 is 3.35. The van der Waals surface area contributed by atoms with Crippen LogP contribution in [-0.2, 0) is 4.79 Å². The van der Waals surface area contributed by atoms with Crippen LogP contribution in [0, 0.1) is 15.9 Å². The van der Waals surface area contributed by atoms with Gasteiger partial charge in [0.05, 0.1) is 27.7 Å². The van der Waals surface area contributed by atoms with Crippen molar-refractivity contribution in [2.75, 3.05) is 11.9 Å². The number of carbonyl (C=O) groups excluding carboxylic acids is 1. The number of para-hydroxylation sites is 1. The van der Waals surface area contributed by atoms with Crippen LogP contribution >= 0.6 is 15.9 Å². The molecule has 1 heterocycles. The largest absolute Gasteiger partial charge is 0.477 e. The molecule has 10 nitrogen and oxygen atoms in total. The molecule has 0 bridgehead atoms. The maximum atomic E-state index is 13.7. The molecule has 4 rings (SSSR count). The Bertz CT molecular complexity index is 1640. The third-order valence-corrected chi connectivity index (χ3v) is 5.85. The zero-order valence-electron chi connectivity index (χ0n) is 20.2. The number of anilines is 1. The first kappa shape index (κ1) is 26.6. The van der Waals surface area contributed by atoms with E-state index in [-0.39, 0.29) is 22.9 Å². The zero-order chi connectivity index (χ0) is 27.4. The highest BCUT2D eigenvalue weighted by molar-refractivity contribution is 9.10. The predicted molar refractivity (Wildman–Crippen MR) is 144 cm³/mol. The van der Waals surface area contributed by atoms with Gasteiger partial charge in [0.1, 0.15) is 11.6 Å². The summed E-state index contributed by atoms with van der Waals surface area (Å²) in [7, 11) is 0. The van der Waals surface area contributed by atoms with Crippen LogP contribution in [0.15, 0.2) is 75.0 Å². The molecule has 0 saturated carbocycles. The summed E-state index contributed by atoms with van der Waals surface area (Å²) in [4.78, 5) is 40.9. The maximum absolute atomic E-state index is 13.7. The van der Waals surface area contributed by atoms with Crippen LogP contribution < -0.4 is 15.6 Å². The number of halogens is 2. The van der Waals surface area contributed by atoms with E-state index in [1.807, 2.05) is 13.8 Å². The first-order valence-electron chi connectivity index (χ1n) is 11.4. The van der Waals surface area contributed by atoms with Gasteiger partial charge in [-0.05, 0) is 42.5 Å². The second kappa shape index (κ2) is 11.3. The number of amides is 1. The number of nitrogens with one attached hydrogen (secondary N) is 1. The molecule has 194 valence electrons. The lowest BCUT2D eigenvalue weighted by molar-refractivity contribution is -0.385. The summed E-state index contributed by atoms with van der Waals surface area (Å²) in [6.07, 6.45) is 1.31. The van der Waals surface area contributed by atoms with Crippen LogP contribution in [-0.4, -0.2) is 33.3 Å². The minimum absolute atomic E-state index is 0.0336. The van der Waals surface area contributed by atoms with Crippen LogP contribution in [0.4, 0.5) is 15.8 Å². The first-order valence-corrected chi connectivity index (χ1v) is 12.2. The molecule has 1 amide bonds. The van der Waals surface area contributed by atoms with Gasteiger partial charge in [-0.25, -0.2) is 9.37 Å². The first-order chi connectivity index (χ1) is 18.1. The predicted octanol–water partition coefficient (Wildman–Crippen LogP) is 5.23. The molecule has 0 atom stereocenters. The van der Waals surface area contributed by atoms with Gasteiger partial charge in [0.25, 0.3) is 11.5 Å². The summed E-state index contributed by atoms with van der Waals surface area (Å²) in [6.45, 7) is 3.17. The number of nitro benzene ring substituents is 1. The normalized spacial score (nSPS) is 11.3. The number of fused-ring (bicyclic) bond motifs is 1. The Kier molecular flexibility index (Phi) is 7.91. The number of ether oxygens (including phenoxy) is 1. The molecule has 0 fully saturated rings. The van der Waals surface area contributed by atoms with Gasteiger partial charge in [-0.1, -0.05) is 41.9 Å². The summed E-state index contributed by atoms with van der Waals surface area (Å²) < 4.78 is 20.9. The molecule has 0 spiro atoms. The highest BCUT2D eigenvalue weighted by Gasteiger charge is 2.18. The Labute approximate surface area is 224 Å². The van der Waals surface area contributed by atoms with Crippen molar-refractivity contribution in [3.05, 3.63) is 103 Å². The highest BCUT2D eigenvalue weighted by atomic mass is 79.9. The molecule has 3 aromatic carbocycles. The number of carbonyl (C=O) groups is 1. The van der Waals surface area contributed by atoms with E-state index in [9.17, 15) is 24.1 Å². The summed E-state index contributed by atoms with van der Waals surface area (Å²) in [6, 6.07) is 14.8. The Morgan fingerprint density at radius 1 is 1.24 bits per heavy atom. The Morgan fingerprint density at radius 2 is 2.00 bits per heavy atom. The standard InChI is InChI=1S/C26H21BrFN5O5/c1-15(2)25-31-20-9-8-17(27)12-18(20)26(35)32(25)29-13-16-7-10-23(22(11-16)33(36)37)38-14-24(34)30-21-6-4-3-5-19(21)28/h3-13,15H,14H2,1-2H3,(H,30,34). The molecule has 0 unspecified atom stereocenters. The summed E-state index contributed by atoms with van der Waals surface area (Å²) in [5.41, 5.74) is 0.0187. The molecule has 12 heteroatoms. The lowest BCUT2D eigenvalue weighted by Crippen LogP contribution is -2.23. The van der Waals surface area contributed by atoms with Crippen molar-refractivity contribution in [2.24, 2.45) is 5.10 Å². The van der Waals surface area contributed by atoms with E-state index in [1.54, 1.807) is 24.3 Å². The van der Waals surface area contributed by atoms with E-state index in [0.29, 0.717) is 26.8 Å². The lowest BCUT2D eigenvalue weighted by atomic mass is 10.2. The molecule has 4 aromatic rings. The van der Waals surface area contributed by atoms with E-state index in [4.69, 9.17) is 4.74 Å². The molecular weight excluding hydrogens is 561 g/mol.